The molecule has 0 aromatic rings. The van der Waals surface area contributed by atoms with Crippen molar-refractivity contribution in [1.82, 2.24) is 0 Å². The highest BCUT2D eigenvalue weighted by Gasteiger charge is 2.69. The van der Waals surface area contributed by atoms with E-state index in [1.165, 1.54) is 14.0 Å². The number of hydrogen-bond donors (Lipinski definition) is 7. The molecule has 0 radical (unpaired) electrons. The van der Waals surface area contributed by atoms with E-state index in [1.54, 1.807) is 13.0 Å². The number of ether oxygens (including phenoxy) is 9. The van der Waals surface area contributed by atoms with Gasteiger partial charge in [-0.2, -0.15) is 0 Å². The third-order valence-electron chi connectivity index (χ3n) is 16.4. The van der Waals surface area contributed by atoms with Crippen molar-refractivity contribution >= 4 is 17.7 Å². The molecule has 356 valence electrons. The van der Waals surface area contributed by atoms with Crippen LogP contribution in [-0.2, 0) is 57.0 Å². The fourth-order valence-electron chi connectivity index (χ4n) is 13.2. The Morgan fingerprint density at radius 2 is 1.48 bits per heavy atom. The van der Waals surface area contributed by atoms with Crippen molar-refractivity contribution in [2.75, 3.05) is 26.9 Å². The summed E-state index contributed by atoms with van der Waals surface area (Å²) in [6.45, 7) is 6.51. The molecule has 7 N–H and O–H groups in total. The second-order valence-corrected chi connectivity index (χ2v) is 19.8. The van der Waals surface area contributed by atoms with Gasteiger partial charge in [-0.25, -0.2) is 4.79 Å². The summed E-state index contributed by atoms with van der Waals surface area (Å²) in [7, 11) is 1.48. The van der Waals surface area contributed by atoms with Gasteiger partial charge in [-0.15, -0.1) is 0 Å². The number of Topliss-reactive ketones (excluding diaryl/α,β-unsaturated/α-hetero) is 1. The highest BCUT2D eigenvalue weighted by molar-refractivity contribution is 5.94. The van der Waals surface area contributed by atoms with Crippen molar-refractivity contribution in [2.24, 2.45) is 34.0 Å². The van der Waals surface area contributed by atoms with E-state index < -0.39 is 128 Å². The maximum absolute atomic E-state index is 14.8. The number of esters is 2. The number of methoxy groups -OCH3 is 1. The maximum Gasteiger partial charge on any atom is 0.331 e. The van der Waals surface area contributed by atoms with Crippen LogP contribution in [0, 0.1) is 34.0 Å². The van der Waals surface area contributed by atoms with E-state index in [-0.39, 0.29) is 42.2 Å². The largest absolute Gasteiger partial charge is 0.459 e. The van der Waals surface area contributed by atoms with E-state index in [0.717, 1.165) is 31.3 Å². The van der Waals surface area contributed by atoms with Crippen LogP contribution in [-0.4, -0.2) is 179 Å². The van der Waals surface area contributed by atoms with Gasteiger partial charge in [-0.3, -0.25) is 9.59 Å². The first kappa shape index (κ1) is 47.3. The third kappa shape index (κ3) is 8.23. The van der Waals surface area contributed by atoms with Gasteiger partial charge in [-0.05, 0) is 81.1 Å². The lowest BCUT2D eigenvalue weighted by Gasteiger charge is -2.67. The highest BCUT2D eigenvalue weighted by atomic mass is 16.8. The Kier molecular flexibility index (Phi) is 13.6. The molecule has 7 fully saturated rings. The monoisotopic (exact) mass is 898 g/mol. The van der Waals surface area contributed by atoms with Crippen LogP contribution in [0.4, 0.5) is 0 Å². The van der Waals surface area contributed by atoms with E-state index in [2.05, 4.69) is 13.8 Å². The number of ketones is 1. The van der Waals surface area contributed by atoms with Crippen LogP contribution in [0.5, 0.6) is 0 Å². The lowest BCUT2D eigenvalue weighted by molar-refractivity contribution is -0.356. The van der Waals surface area contributed by atoms with Crippen LogP contribution < -0.4 is 0 Å². The average Bonchev–Trinajstić information content (AvgIpc) is 3.67. The van der Waals surface area contributed by atoms with Crippen LogP contribution in [0.15, 0.2) is 11.6 Å². The van der Waals surface area contributed by atoms with Crippen molar-refractivity contribution in [2.45, 2.75) is 184 Å². The molecule has 0 unspecified atom stereocenters. The van der Waals surface area contributed by atoms with Gasteiger partial charge in [0.1, 0.15) is 73.4 Å². The number of carbonyl (C=O) groups excluding carboxylic acids is 3. The quantitative estimate of drug-likeness (QED) is 0.102. The molecule has 2 bridgehead atoms. The van der Waals surface area contributed by atoms with Crippen molar-refractivity contribution < 1.29 is 92.8 Å². The summed E-state index contributed by atoms with van der Waals surface area (Å²) >= 11 is 0. The average molecular weight is 899 g/mol. The van der Waals surface area contributed by atoms with Crippen molar-refractivity contribution in [3.05, 3.63) is 11.6 Å². The molecule has 3 saturated heterocycles. The zero-order valence-electron chi connectivity index (χ0n) is 36.6. The van der Waals surface area contributed by atoms with E-state index in [4.69, 9.17) is 42.6 Å². The van der Waals surface area contributed by atoms with Crippen LogP contribution in [0.3, 0.4) is 0 Å². The minimum Gasteiger partial charge on any atom is -0.459 e. The van der Waals surface area contributed by atoms with Crippen molar-refractivity contribution in [1.29, 1.82) is 0 Å². The minimum absolute atomic E-state index is 0.0188. The molecule has 19 nitrogen and oxygen atoms in total. The smallest absolute Gasteiger partial charge is 0.331 e. The van der Waals surface area contributed by atoms with Crippen LogP contribution in [0.1, 0.15) is 85.5 Å². The first-order chi connectivity index (χ1) is 29.9. The number of fused-ring (bicyclic) bond motifs is 3. The number of carbonyl (C=O) groups is 3. The topological polar surface area (TPSA) is 276 Å². The molecule has 0 aromatic heterocycles. The van der Waals surface area contributed by atoms with Crippen molar-refractivity contribution in [3.63, 3.8) is 0 Å². The molecule has 4 aliphatic carbocycles. The maximum atomic E-state index is 14.8. The standard InChI is InChI=1S/C44H66O19/c1-19-37(63-40-36(53)34(51)32(49)27(62-40)18-57-39-35(52)33(50)31(48)26(16-45)61-39)25(55-5)15-30(58-19)60-24-8-10-42(3)23(38(24)59-20(2)46)7-13-44-12-6-22(21-14-29(47)56-17-21)43(4,41(44)54)11-9-28(42)44/h14,19,22-28,30-40,45,48-53H,6-13,15-18H2,1-5H3/t19-,22+,23-,24-,25+,26+,27+,28+,30-,31+,32+,33-,34-,35+,36+,37-,38+,39+,40-,42-,43+,44+/m0/s1. The van der Waals surface area contributed by atoms with Gasteiger partial charge >= 0.3 is 11.9 Å². The zero-order valence-corrected chi connectivity index (χ0v) is 36.6. The van der Waals surface area contributed by atoms with Gasteiger partial charge in [0.05, 0.1) is 31.5 Å². The third-order valence-corrected chi connectivity index (χ3v) is 16.4. The Morgan fingerprint density at radius 3 is 2.14 bits per heavy atom. The lowest BCUT2D eigenvalue weighted by atomic mass is 9.37. The number of cyclic esters (lactones) is 1. The van der Waals surface area contributed by atoms with Gasteiger partial charge in [0.25, 0.3) is 0 Å². The number of aliphatic hydroxyl groups excluding tert-OH is 7. The molecule has 63 heavy (non-hydrogen) atoms. The van der Waals surface area contributed by atoms with Gasteiger partial charge in [0.2, 0.25) is 0 Å². The van der Waals surface area contributed by atoms with E-state index >= 15 is 0 Å². The van der Waals surface area contributed by atoms with E-state index in [1.807, 2.05) is 0 Å². The van der Waals surface area contributed by atoms with Crippen molar-refractivity contribution in [3.8, 4) is 0 Å². The highest BCUT2D eigenvalue weighted by Crippen LogP contribution is 2.70. The molecule has 4 aliphatic heterocycles. The van der Waals surface area contributed by atoms with Gasteiger partial charge < -0.3 is 78.4 Å². The molecular weight excluding hydrogens is 832 g/mol. The minimum atomic E-state index is -1.75. The molecule has 4 heterocycles. The Hall–Kier alpha value is -2.21. The first-order valence-electron chi connectivity index (χ1n) is 22.6. The first-order valence-corrected chi connectivity index (χ1v) is 22.6. The second kappa shape index (κ2) is 18.1. The number of rotatable bonds is 11. The Morgan fingerprint density at radius 1 is 0.794 bits per heavy atom. The Balaban J connectivity index is 0.916. The van der Waals surface area contributed by atoms with Crippen LogP contribution in [0.25, 0.3) is 0 Å². The summed E-state index contributed by atoms with van der Waals surface area (Å²) in [5, 5.41) is 72.7. The summed E-state index contributed by atoms with van der Waals surface area (Å²) in [4.78, 5) is 39.6. The summed E-state index contributed by atoms with van der Waals surface area (Å²) in [6.07, 6.45) is -12.5. The molecule has 1 spiro atoms. The molecule has 8 rings (SSSR count). The Labute approximate surface area is 366 Å². The molecule has 22 atom stereocenters. The van der Waals surface area contributed by atoms with E-state index in [9.17, 15) is 50.1 Å². The molecular formula is C44H66O19. The summed E-state index contributed by atoms with van der Waals surface area (Å²) in [5.41, 5.74) is -0.442. The van der Waals surface area contributed by atoms with Gasteiger partial charge in [0.15, 0.2) is 18.9 Å². The zero-order chi connectivity index (χ0) is 45.3. The summed E-state index contributed by atoms with van der Waals surface area (Å²) in [5.74, 6) is -0.472. The molecule has 0 amide bonds. The van der Waals surface area contributed by atoms with E-state index in [0.29, 0.717) is 31.5 Å². The van der Waals surface area contributed by atoms with Gasteiger partial charge in [-0.1, -0.05) is 13.8 Å². The fourth-order valence-corrected chi connectivity index (χ4v) is 13.2. The SMILES string of the molecule is CO[C@@H]1C[C@H](O[C@H]2CC[C@@]3(C)[C@@H](CC[C@]45CC[C@H](C6=CC(=O)OC6)[C@@](C)(CC[C@@H]43)C5=O)[C@H]2OC(C)=O)O[C@@H](C)[C@@H]1O[C@@H]1O[C@H](CO[C@@H]2O[C@H](CO)[C@@H](O)[C@H](O)[C@H]2O)[C@@H](O)[C@H](O)[C@H]1O. The molecule has 19 heteroatoms. The lowest BCUT2D eigenvalue weighted by Crippen LogP contribution is -2.67. The molecule has 4 saturated carbocycles. The molecule has 0 aromatic carbocycles. The predicted octanol–water partition coefficient (Wildman–Crippen LogP) is -0.462. The van der Waals surface area contributed by atoms with Crippen LogP contribution in [0.2, 0.25) is 0 Å². The Bertz CT molecular complexity index is 1730. The predicted molar refractivity (Wildman–Crippen MR) is 212 cm³/mol. The second-order valence-electron chi connectivity index (χ2n) is 19.8. The van der Waals surface area contributed by atoms with Gasteiger partial charge in [0, 0.05) is 43.3 Å². The molecule has 8 aliphatic rings. The summed E-state index contributed by atoms with van der Waals surface area (Å²) < 4.78 is 53.4. The van der Waals surface area contributed by atoms with Crippen LogP contribution >= 0.6 is 0 Å². The number of hydrogen-bond acceptors (Lipinski definition) is 19. The fraction of sp³-hybridized carbons (Fsp3) is 0.886. The summed E-state index contributed by atoms with van der Waals surface area (Å²) in [6, 6.07) is 0. The normalized spacial score (nSPS) is 51.1. The number of aliphatic hydroxyl groups is 7.